The van der Waals surface area contributed by atoms with Crippen LogP contribution in [0.25, 0.3) is 0 Å². The number of allylic oxidation sites excluding steroid dienone is 1. The zero-order chi connectivity index (χ0) is 16.1. The Balaban J connectivity index is 1.50. The van der Waals surface area contributed by atoms with Crippen molar-refractivity contribution in [2.45, 2.75) is 51.2 Å². The molecular weight excluding hydrogens is 288 g/mol. The van der Waals surface area contributed by atoms with Gasteiger partial charge < -0.3 is 10.1 Å². The molecule has 1 amide bonds. The van der Waals surface area contributed by atoms with Crippen LogP contribution in [0.3, 0.4) is 0 Å². The Morgan fingerprint density at radius 3 is 2.87 bits per heavy atom. The van der Waals surface area contributed by atoms with Crippen LogP contribution in [0.2, 0.25) is 0 Å². The number of hydrogen-bond donors (Lipinski definition) is 1. The molecule has 1 N–H and O–H groups in total. The van der Waals surface area contributed by atoms with Crippen LogP contribution in [0.15, 0.2) is 42.2 Å². The van der Waals surface area contributed by atoms with Crippen molar-refractivity contribution in [3.05, 3.63) is 47.7 Å². The number of carbonyl (C=O) groups excluding carboxylic acids is 1. The van der Waals surface area contributed by atoms with Gasteiger partial charge in [0.2, 0.25) is 0 Å². The maximum absolute atomic E-state index is 12.2. The van der Waals surface area contributed by atoms with Gasteiger partial charge in [0.25, 0.3) is 5.91 Å². The summed E-state index contributed by atoms with van der Waals surface area (Å²) in [5.74, 6) is 0.467. The number of ether oxygens (including phenoxy) is 1. The fourth-order valence-corrected chi connectivity index (χ4v) is 3.38. The molecule has 2 aliphatic rings. The van der Waals surface area contributed by atoms with Crippen molar-refractivity contribution in [1.29, 1.82) is 0 Å². The van der Waals surface area contributed by atoms with E-state index in [9.17, 15) is 4.79 Å². The quantitative estimate of drug-likeness (QED) is 0.929. The summed E-state index contributed by atoms with van der Waals surface area (Å²) < 4.78 is 5.45. The molecule has 0 spiro atoms. The molecule has 0 aromatic heterocycles. The number of nitrogens with zero attached hydrogens (tertiary/aromatic N) is 1. The summed E-state index contributed by atoms with van der Waals surface area (Å²) in [6.45, 7) is 4.90. The summed E-state index contributed by atoms with van der Waals surface area (Å²) in [7, 11) is 0. The second-order valence-corrected chi connectivity index (χ2v) is 6.56. The van der Waals surface area contributed by atoms with Gasteiger partial charge in [0.15, 0.2) is 5.76 Å². The number of nitrogens with one attached hydrogen (secondary N) is 1. The highest BCUT2D eigenvalue weighted by Gasteiger charge is 2.27. The third kappa shape index (κ3) is 4.35. The fraction of sp³-hybridized carbons (Fsp3) is 0.526. The molecule has 1 aromatic rings. The van der Waals surface area contributed by atoms with Crippen molar-refractivity contribution >= 4 is 5.91 Å². The molecule has 124 valence electrons. The molecule has 4 nitrogen and oxygen atoms in total. The highest BCUT2D eigenvalue weighted by molar-refractivity contribution is 5.91. The van der Waals surface area contributed by atoms with E-state index in [1.165, 1.54) is 5.56 Å². The molecular formula is C19H26N2O2. The predicted octanol–water partition coefficient (Wildman–Crippen LogP) is 2.85. The molecule has 1 fully saturated rings. The monoisotopic (exact) mass is 314 g/mol. The predicted molar refractivity (Wildman–Crippen MR) is 90.7 cm³/mol. The van der Waals surface area contributed by atoms with Gasteiger partial charge in [-0.3, -0.25) is 9.69 Å². The number of likely N-dealkylation sites (tertiary alicyclic amines) is 1. The van der Waals surface area contributed by atoms with E-state index in [4.69, 9.17) is 4.74 Å². The van der Waals surface area contributed by atoms with Gasteiger partial charge in [-0.15, -0.1) is 0 Å². The van der Waals surface area contributed by atoms with Gasteiger partial charge >= 0.3 is 0 Å². The zero-order valence-electron chi connectivity index (χ0n) is 13.8. The lowest BCUT2D eigenvalue weighted by Crippen LogP contribution is -2.48. The zero-order valence-corrected chi connectivity index (χ0v) is 13.8. The number of hydrogen-bond acceptors (Lipinski definition) is 3. The molecule has 23 heavy (non-hydrogen) atoms. The summed E-state index contributed by atoms with van der Waals surface area (Å²) in [5.41, 5.74) is 1.35. The summed E-state index contributed by atoms with van der Waals surface area (Å²) >= 11 is 0. The van der Waals surface area contributed by atoms with E-state index in [-0.39, 0.29) is 11.9 Å². The summed E-state index contributed by atoms with van der Waals surface area (Å²) in [6.07, 6.45) is 5.84. The lowest BCUT2D eigenvalue weighted by molar-refractivity contribution is -0.122. The SMILES string of the molecule is C[C@H]1C[C@@H](NC(=O)C2=CCCCO2)CCN1Cc1ccccc1. The molecule has 1 saturated heterocycles. The van der Waals surface area contributed by atoms with Gasteiger partial charge in [0, 0.05) is 25.2 Å². The highest BCUT2D eigenvalue weighted by Crippen LogP contribution is 2.20. The summed E-state index contributed by atoms with van der Waals surface area (Å²) in [4.78, 5) is 14.7. The van der Waals surface area contributed by atoms with Crippen molar-refractivity contribution in [1.82, 2.24) is 10.2 Å². The topological polar surface area (TPSA) is 41.6 Å². The molecule has 0 radical (unpaired) electrons. The van der Waals surface area contributed by atoms with E-state index in [2.05, 4.69) is 47.5 Å². The molecule has 0 unspecified atom stereocenters. The van der Waals surface area contributed by atoms with Crippen molar-refractivity contribution in [3.63, 3.8) is 0 Å². The van der Waals surface area contributed by atoms with Gasteiger partial charge in [-0.1, -0.05) is 30.3 Å². The molecule has 0 bridgehead atoms. The molecule has 0 saturated carbocycles. The van der Waals surface area contributed by atoms with Crippen molar-refractivity contribution in [2.24, 2.45) is 0 Å². The maximum Gasteiger partial charge on any atom is 0.286 e. The second-order valence-electron chi connectivity index (χ2n) is 6.56. The Kier molecular flexibility index (Phi) is 5.34. The molecule has 2 atom stereocenters. The second kappa shape index (κ2) is 7.64. The van der Waals surface area contributed by atoms with E-state index in [1.807, 2.05) is 6.08 Å². The van der Waals surface area contributed by atoms with Crippen LogP contribution in [0.4, 0.5) is 0 Å². The lowest BCUT2D eigenvalue weighted by Gasteiger charge is -2.38. The van der Waals surface area contributed by atoms with E-state index < -0.39 is 0 Å². The molecule has 0 aliphatic carbocycles. The maximum atomic E-state index is 12.2. The number of benzene rings is 1. The van der Waals surface area contributed by atoms with Crippen LogP contribution in [-0.2, 0) is 16.1 Å². The molecule has 4 heteroatoms. The van der Waals surface area contributed by atoms with Gasteiger partial charge in [-0.2, -0.15) is 0 Å². The van der Waals surface area contributed by atoms with Crippen LogP contribution in [0.5, 0.6) is 0 Å². The first-order valence-corrected chi connectivity index (χ1v) is 8.64. The van der Waals surface area contributed by atoms with Crippen LogP contribution in [0, 0.1) is 0 Å². The van der Waals surface area contributed by atoms with Gasteiger partial charge in [-0.05, 0) is 44.2 Å². The molecule has 1 aromatic carbocycles. The highest BCUT2D eigenvalue weighted by atomic mass is 16.5. The first-order chi connectivity index (χ1) is 11.2. The number of amides is 1. The normalized spacial score (nSPS) is 25.3. The number of rotatable bonds is 4. The van der Waals surface area contributed by atoms with E-state index in [1.54, 1.807) is 0 Å². The third-order valence-electron chi connectivity index (χ3n) is 4.74. The summed E-state index contributed by atoms with van der Waals surface area (Å²) in [5, 5.41) is 3.14. The lowest BCUT2D eigenvalue weighted by atomic mass is 9.97. The fourth-order valence-electron chi connectivity index (χ4n) is 3.38. The van der Waals surface area contributed by atoms with Crippen molar-refractivity contribution < 1.29 is 9.53 Å². The first kappa shape index (κ1) is 16.1. The minimum absolute atomic E-state index is 0.0431. The molecule has 2 aliphatic heterocycles. The number of piperidine rings is 1. The Bertz CT molecular complexity index is 556. The van der Waals surface area contributed by atoms with Gasteiger partial charge in [-0.25, -0.2) is 0 Å². The van der Waals surface area contributed by atoms with Crippen molar-refractivity contribution in [2.75, 3.05) is 13.2 Å². The van der Waals surface area contributed by atoms with Crippen LogP contribution < -0.4 is 5.32 Å². The third-order valence-corrected chi connectivity index (χ3v) is 4.74. The smallest absolute Gasteiger partial charge is 0.286 e. The van der Waals surface area contributed by atoms with Crippen LogP contribution in [-0.4, -0.2) is 36.0 Å². The van der Waals surface area contributed by atoms with E-state index in [0.29, 0.717) is 18.4 Å². The first-order valence-electron chi connectivity index (χ1n) is 8.64. The van der Waals surface area contributed by atoms with Crippen LogP contribution >= 0.6 is 0 Å². The molecule has 2 heterocycles. The van der Waals surface area contributed by atoms with Crippen LogP contribution in [0.1, 0.15) is 38.2 Å². The molecule has 3 rings (SSSR count). The Morgan fingerprint density at radius 1 is 1.35 bits per heavy atom. The van der Waals surface area contributed by atoms with Crippen molar-refractivity contribution in [3.8, 4) is 0 Å². The number of carbonyl (C=O) groups is 1. The standard InChI is InChI=1S/C19H26N2O2/c1-15-13-17(20-19(22)18-9-5-6-12-23-18)10-11-21(15)14-16-7-3-2-4-8-16/h2-4,7-9,15,17H,5-6,10-14H2,1H3,(H,20,22)/t15-,17-/m0/s1. The summed E-state index contributed by atoms with van der Waals surface area (Å²) in [6, 6.07) is 11.3. The Labute approximate surface area is 138 Å². The largest absolute Gasteiger partial charge is 0.488 e. The van der Waals surface area contributed by atoms with E-state index >= 15 is 0 Å². The average Bonchev–Trinajstić information content (AvgIpc) is 2.59. The average molecular weight is 314 g/mol. The van der Waals surface area contributed by atoms with E-state index in [0.717, 1.165) is 38.8 Å². The Morgan fingerprint density at radius 2 is 2.17 bits per heavy atom. The Hall–Kier alpha value is -1.81. The minimum atomic E-state index is -0.0431. The van der Waals surface area contributed by atoms with Gasteiger partial charge in [0.05, 0.1) is 6.61 Å². The minimum Gasteiger partial charge on any atom is -0.488 e. The van der Waals surface area contributed by atoms with Gasteiger partial charge in [0.1, 0.15) is 0 Å².